The van der Waals surface area contributed by atoms with Crippen LogP contribution in [0.25, 0.3) is 0 Å². The predicted octanol–water partition coefficient (Wildman–Crippen LogP) is 3.07. The lowest BCUT2D eigenvalue weighted by atomic mass is 10.2. The van der Waals surface area contributed by atoms with Gasteiger partial charge >= 0.3 is 0 Å². The van der Waals surface area contributed by atoms with Crippen LogP contribution in [0.1, 0.15) is 45.4 Å². The molecule has 0 bridgehead atoms. The Morgan fingerprint density at radius 3 is 2.29 bits per heavy atom. The van der Waals surface area contributed by atoms with Crippen molar-refractivity contribution in [2.24, 2.45) is 5.10 Å². The van der Waals surface area contributed by atoms with Crippen LogP contribution in [0.3, 0.4) is 0 Å². The first kappa shape index (κ1) is 15.8. The standard InChI is InChI=1S/C15H22N2O3S/c1-2-20-14-9-11-15(12-10-14)21(18,19)17-16-13-7-5-3-4-6-8-13/h9-12,17H,2-8H2,1H3. The largest absolute Gasteiger partial charge is 0.494 e. The molecule has 1 aromatic rings. The Hall–Kier alpha value is -1.56. The van der Waals surface area contributed by atoms with Crippen LogP contribution in [0.2, 0.25) is 0 Å². The molecule has 0 spiro atoms. The smallest absolute Gasteiger partial charge is 0.276 e. The minimum Gasteiger partial charge on any atom is -0.494 e. The number of nitrogens with one attached hydrogen (secondary N) is 1. The van der Waals surface area contributed by atoms with Crippen molar-refractivity contribution in [1.82, 2.24) is 4.83 Å². The summed E-state index contributed by atoms with van der Waals surface area (Å²) in [6, 6.07) is 6.36. The monoisotopic (exact) mass is 310 g/mol. The number of ether oxygens (including phenoxy) is 1. The number of nitrogens with zero attached hydrogens (tertiary/aromatic N) is 1. The summed E-state index contributed by atoms with van der Waals surface area (Å²) in [6.45, 7) is 2.44. The molecule has 0 saturated heterocycles. The normalized spacial score (nSPS) is 16.1. The van der Waals surface area contributed by atoms with Crippen LogP contribution in [0.15, 0.2) is 34.3 Å². The van der Waals surface area contributed by atoms with Crippen molar-refractivity contribution in [2.75, 3.05) is 6.61 Å². The number of sulfonamides is 1. The topological polar surface area (TPSA) is 67.8 Å². The average molecular weight is 310 g/mol. The summed E-state index contributed by atoms with van der Waals surface area (Å²) in [5.74, 6) is 0.659. The molecular weight excluding hydrogens is 288 g/mol. The number of hydrazone groups is 1. The molecular formula is C15H22N2O3S. The summed E-state index contributed by atoms with van der Waals surface area (Å²) < 4.78 is 29.6. The van der Waals surface area contributed by atoms with E-state index in [1.165, 1.54) is 25.0 Å². The molecule has 21 heavy (non-hydrogen) atoms. The van der Waals surface area contributed by atoms with Gasteiger partial charge in [-0.05, 0) is 56.9 Å². The molecule has 0 amide bonds. The second-order valence-corrected chi connectivity index (χ2v) is 6.75. The number of hydrogen-bond donors (Lipinski definition) is 1. The fraction of sp³-hybridized carbons (Fsp3) is 0.533. The third-order valence-electron chi connectivity index (χ3n) is 3.45. The lowest BCUT2D eigenvalue weighted by Gasteiger charge is -2.07. The second kappa shape index (κ2) is 7.45. The zero-order valence-corrected chi connectivity index (χ0v) is 13.2. The van der Waals surface area contributed by atoms with Gasteiger partial charge < -0.3 is 4.74 Å². The van der Waals surface area contributed by atoms with Crippen molar-refractivity contribution in [3.8, 4) is 5.75 Å². The van der Waals surface area contributed by atoms with Gasteiger partial charge in [-0.25, -0.2) is 4.83 Å². The van der Waals surface area contributed by atoms with E-state index in [0.29, 0.717) is 12.4 Å². The summed E-state index contributed by atoms with van der Waals surface area (Å²) in [6.07, 6.45) is 6.33. The van der Waals surface area contributed by atoms with Gasteiger partial charge in [-0.3, -0.25) is 0 Å². The van der Waals surface area contributed by atoms with Gasteiger partial charge in [0.15, 0.2) is 0 Å². The zero-order valence-electron chi connectivity index (χ0n) is 12.3. The quantitative estimate of drug-likeness (QED) is 0.671. The highest BCUT2D eigenvalue weighted by Crippen LogP contribution is 2.17. The van der Waals surface area contributed by atoms with Crippen LogP contribution in [-0.2, 0) is 10.0 Å². The molecule has 1 saturated carbocycles. The van der Waals surface area contributed by atoms with E-state index >= 15 is 0 Å². The van der Waals surface area contributed by atoms with Crippen LogP contribution in [0.4, 0.5) is 0 Å². The maximum absolute atomic E-state index is 12.2. The first-order valence-corrected chi connectivity index (χ1v) is 8.90. The van der Waals surface area contributed by atoms with Gasteiger partial charge in [-0.15, -0.1) is 0 Å². The van der Waals surface area contributed by atoms with Gasteiger partial charge in [0.1, 0.15) is 5.75 Å². The van der Waals surface area contributed by atoms with Crippen LogP contribution < -0.4 is 9.57 Å². The Morgan fingerprint density at radius 2 is 1.71 bits per heavy atom. The Labute approximate surface area is 126 Å². The van der Waals surface area contributed by atoms with Crippen LogP contribution >= 0.6 is 0 Å². The van der Waals surface area contributed by atoms with Crippen LogP contribution in [0, 0.1) is 0 Å². The SMILES string of the molecule is CCOc1ccc(S(=O)(=O)NN=C2CCCCCC2)cc1. The predicted molar refractivity (Wildman–Crippen MR) is 83.1 cm³/mol. The van der Waals surface area contributed by atoms with E-state index in [9.17, 15) is 8.42 Å². The molecule has 1 aliphatic rings. The molecule has 0 heterocycles. The molecule has 1 N–H and O–H groups in total. The minimum atomic E-state index is -3.60. The van der Waals surface area contributed by atoms with E-state index in [2.05, 4.69) is 9.93 Å². The third-order valence-corrected chi connectivity index (χ3v) is 4.67. The van der Waals surface area contributed by atoms with E-state index in [1.54, 1.807) is 12.1 Å². The van der Waals surface area contributed by atoms with Crippen molar-refractivity contribution < 1.29 is 13.2 Å². The maximum Gasteiger partial charge on any atom is 0.276 e. The lowest BCUT2D eigenvalue weighted by Crippen LogP contribution is -2.20. The molecule has 1 fully saturated rings. The Bertz CT molecular complexity index is 569. The minimum absolute atomic E-state index is 0.198. The fourth-order valence-corrected chi connectivity index (χ4v) is 3.16. The fourth-order valence-electron chi connectivity index (χ4n) is 2.31. The highest BCUT2D eigenvalue weighted by atomic mass is 32.2. The third kappa shape index (κ3) is 4.74. The molecule has 0 atom stereocenters. The molecule has 0 unspecified atom stereocenters. The maximum atomic E-state index is 12.2. The molecule has 6 heteroatoms. The molecule has 5 nitrogen and oxygen atoms in total. The first-order valence-electron chi connectivity index (χ1n) is 7.42. The van der Waals surface area contributed by atoms with Crippen molar-refractivity contribution in [1.29, 1.82) is 0 Å². The van der Waals surface area contributed by atoms with Gasteiger partial charge in [0.05, 0.1) is 11.5 Å². The summed E-state index contributed by atoms with van der Waals surface area (Å²) in [7, 11) is -3.60. The van der Waals surface area contributed by atoms with E-state index in [4.69, 9.17) is 4.74 Å². The van der Waals surface area contributed by atoms with Gasteiger partial charge in [-0.1, -0.05) is 12.8 Å². The second-order valence-electron chi connectivity index (χ2n) is 5.09. The average Bonchev–Trinajstić information content (AvgIpc) is 2.75. The first-order chi connectivity index (χ1) is 10.1. The molecule has 0 aromatic heterocycles. The van der Waals surface area contributed by atoms with Crippen molar-refractivity contribution in [3.05, 3.63) is 24.3 Å². The van der Waals surface area contributed by atoms with Crippen molar-refractivity contribution in [2.45, 2.75) is 50.3 Å². The summed E-state index contributed by atoms with van der Waals surface area (Å²) in [5.41, 5.74) is 0.946. The molecule has 1 aromatic carbocycles. The van der Waals surface area contributed by atoms with E-state index < -0.39 is 10.0 Å². The van der Waals surface area contributed by atoms with Crippen LogP contribution in [-0.4, -0.2) is 20.7 Å². The Kier molecular flexibility index (Phi) is 5.61. The lowest BCUT2D eigenvalue weighted by molar-refractivity contribution is 0.340. The Balaban J connectivity index is 2.05. The van der Waals surface area contributed by atoms with E-state index in [-0.39, 0.29) is 4.90 Å². The molecule has 2 rings (SSSR count). The highest BCUT2D eigenvalue weighted by molar-refractivity contribution is 7.89. The van der Waals surface area contributed by atoms with Crippen LogP contribution in [0.5, 0.6) is 5.75 Å². The van der Waals surface area contributed by atoms with Gasteiger partial charge in [0.25, 0.3) is 10.0 Å². The highest BCUT2D eigenvalue weighted by Gasteiger charge is 2.14. The number of benzene rings is 1. The van der Waals surface area contributed by atoms with Gasteiger partial charge in [0, 0.05) is 5.71 Å². The zero-order chi connectivity index (χ0) is 15.1. The van der Waals surface area contributed by atoms with Gasteiger partial charge in [0.2, 0.25) is 0 Å². The van der Waals surface area contributed by atoms with Gasteiger partial charge in [-0.2, -0.15) is 13.5 Å². The number of hydrogen-bond acceptors (Lipinski definition) is 4. The Morgan fingerprint density at radius 1 is 1.10 bits per heavy atom. The van der Waals surface area contributed by atoms with E-state index in [1.807, 2.05) is 6.92 Å². The molecule has 0 radical (unpaired) electrons. The molecule has 116 valence electrons. The molecule has 1 aliphatic carbocycles. The number of rotatable bonds is 5. The van der Waals surface area contributed by atoms with Crippen molar-refractivity contribution in [3.63, 3.8) is 0 Å². The summed E-state index contributed by atoms with van der Waals surface area (Å²) >= 11 is 0. The van der Waals surface area contributed by atoms with Crippen molar-refractivity contribution >= 4 is 15.7 Å². The summed E-state index contributed by atoms with van der Waals surface area (Å²) in [5, 5.41) is 4.10. The molecule has 0 aliphatic heterocycles. The van der Waals surface area contributed by atoms with E-state index in [0.717, 1.165) is 31.4 Å². The summed E-state index contributed by atoms with van der Waals surface area (Å²) in [4.78, 5) is 2.54.